The fourth-order valence-corrected chi connectivity index (χ4v) is 2.08. The van der Waals surface area contributed by atoms with Crippen molar-refractivity contribution in [1.29, 1.82) is 0 Å². The van der Waals surface area contributed by atoms with Gasteiger partial charge in [0, 0.05) is 26.3 Å². The van der Waals surface area contributed by atoms with Crippen LogP contribution in [0.5, 0.6) is 0 Å². The molecule has 2 aromatic rings. The van der Waals surface area contributed by atoms with Crippen LogP contribution in [-0.2, 0) is 11.3 Å². The Kier molecular flexibility index (Phi) is 4.33. The van der Waals surface area contributed by atoms with Gasteiger partial charge in [-0.2, -0.15) is 0 Å². The van der Waals surface area contributed by atoms with Crippen molar-refractivity contribution in [2.75, 3.05) is 13.7 Å². The van der Waals surface area contributed by atoms with Crippen molar-refractivity contribution in [1.82, 2.24) is 9.55 Å². The lowest BCUT2D eigenvalue weighted by atomic mass is 9.99. The fourth-order valence-electron chi connectivity index (χ4n) is 2.08. The molecule has 0 saturated heterocycles. The van der Waals surface area contributed by atoms with Gasteiger partial charge in [-0.3, -0.25) is 0 Å². The number of aromatic nitrogens is 2. The number of nitrogens with two attached hydrogens (primary N) is 1. The number of imidazole rings is 1. The molecular weight excluding hydrogens is 226 g/mol. The van der Waals surface area contributed by atoms with E-state index in [1.807, 2.05) is 24.5 Å². The minimum atomic E-state index is 0.123. The Labute approximate surface area is 108 Å². The van der Waals surface area contributed by atoms with Crippen LogP contribution in [0.1, 0.15) is 13.3 Å². The SMILES string of the molecule is COCCC(C)C(N)Cn1cnc2ccccc21. The summed E-state index contributed by atoms with van der Waals surface area (Å²) in [4.78, 5) is 4.38. The predicted molar refractivity (Wildman–Crippen MR) is 73.4 cm³/mol. The van der Waals surface area contributed by atoms with Gasteiger partial charge in [0.2, 0.25) is 0 Å². The van der Waals surface area contributed by atoms with Crippen LogP contribution in [-0.4, -0.2) is 29.3 Å². The number of hydrogen-bond donors (Lipinski definition) is 1. The van der Waals surface area contributed by atoms with E-state index in [1.54, 1.807) is 7.11 Å². The van der Waals surface area contributed by atoms with Gasteiger partial charge in [0.25, 0.3) is 0 Å². The van der Waals surface area contributed by atoms with E-state index >= 15 is 0 Å². The molecular formula is C14H21N3O. The van der Waals surface area contributed by atoms with Crippen molar-refractivity contribution in [3.63, 3.8) is 0 Å². The largest absolute Gasteiger partial charge is 0.385 e. The second-order valence-electron chi connectivity index (χ2n) is 4.81. The highest BCUT2D eigenvalue weighted by Crippen LogP contribution is 2.14. The van der Waals surface area contributed by atoms with Gasteiger partial charge < -0.3 is 15.0 Å². The van der Waals surface area contributed by atoms with Crippen molar-refractivity contribution < 1.29 is 4.74 Å². The minimum Gasteiger partial charge on any atom is -0.385 e. The van der Waals surface area contributed by atoms with Gasteiger partial charge in [0.15, 0.2) is 0 Å². The maximum Gasteiger partial charge on any atom is 0.0958 e. The fraction of sp³-hybridized carbons (Fsp3) is 0.500. The highest BCUT2D eigenvalue weighted by atomic mass is 16.5. The Hall–Kier alpha value is -1.39. The number of ether oxygens (including phenoxy) is 1. The molecule has 1 aromatic carbocycles. The normalized spacial score (nSPS) is 14.8. The third kappa shape index (κ3) is 2.89. The summed E-state index contributed by atoms with van der Waals surface area (Å²) < 4.78 is 7.22. The van der Waals surface area contributed by atoms with E-state index in [2.05, 4.69) is 22.5 Å². The van der Waals surface area contributed by atoms with E-state index in [0.717, 1.165) is 30.6 Å². The molecule has 0 radical (unpaired) electrons. The topological polar surface area (TPSA) is 53.1 Å². The van der Waals surface area contributed by atoms with E-state index in [9.17, 15) is 0 Å². The minimum absolute atomic E-state index is 0.123. The molecule has 2 N–H and O–H groups in total. The number of hydrogen-bond acceptors (Lipinski definition) is 3. The van der Waals surface area contributed by atoms with Gasteiger partial charge in [0.1, 0.15) is 0 Å². The van der Waals surface area contributed by atoms with Crippen LogP contribution < -0.4 is 5.73 Å². The highest BCUT2D eigenvalue weighted by molar-refractivity contribution is 5.74. The van der Waals surface area contributed by atoms with Gasteiger partial charge in [-0.05, 0) is 24.5 Å². The molecule has 0 aliphatic rings. The molecule has 0 saturated carbocycles. The number of para-hydroxylation sites is 2. The lowest BCUT2D eigenvalue weighted by molar-refractivity contribution is 0.172. The average Bonchev–Trinajstić information content (AvgIpc) is 2.79. The standard InChI is InChI=1S/C14H21N3O/c1-11(7-8-18-2)12(15)9-17-10-16-13-5-3-4-6-14(13)17/h3-6,10-12H,7-9,15H2,1-2H3. The van der Waals surface area contributed by atoms with E-state index in [4.69, 9.17) is 10.5 Å². The maximum absolute atomic E-state index is 6.24. The quantitative estimate of drug-likeness (QED) is 0.850. The first kappa shape index (κ1) is 13.1. The number of nitrogens with zero attached hydrogens (tertiary/aromatic N) is 2. The molecule has 1 aromatic heterocycles. The summed E-state index contributed by atoms with van der Waals surface area (Å²) in [7, 11) is 1.72. The maximum atomic E-state index is 6.24. The number of rotatable bonds is 6. The first-order chi connectivity index (χ1) is 8.72. The molecule has 0 aliphatic heterocycles. The molecule has 2 atom stereocenters. The second kappa shape index (κ2) is 5.98. The summed E-state index contributed by atoms with van der Waals surface area (Å²) in [5, 5.41) is 0. The van der Waals surface area contributed by atoms with Crippen LogP contribution in [0.4, 0.5) is 0 Å². The zero-order chi connectivity index (χ0) is 13.0. The first-order valence-electron chi connectivity index (χ1n) is 6.36. The lowest BCUT2D eigenvalue weighted by Crippen LogP contribution is -2.33. The Morgan fingerprint density at radius 2 is 2.17 bits per heavy atom. The van der Waals surface area contributed by atoms with E-state index in [-0.39, 0.29) is 6.04 Å². The van der Waals surface area contributed by atoms with Crippen molar-refractivity contribution in [2.45, 2.75) is 25.9 Å². The molecule has 0 amide bonds. The molecule has 2 rings (SSSR count). The summed E-state index contributed by atoms with van der Waals surface area (Å²) in [6.07, 6.45) is 2.86. The van der Waals surface area contributed by atoms with Crippen molar-refractivity contribution in [3.8, 4) is 0 Å². The van der Waals surface area contributed by atoms with E-state index in [1.165, 1.54) is 0 Å². The average molecular weight is 247 g/mol. The molecule has 2 unspecified atom stereocenters. The summed E-state index contributed by atoms with van der Waals surface area (Å²) in [6.45, 7) is 3.73. The van der Waals surface area contributed by atoms with Crippen molar-refractivity contribution in [2.24, 2.45) is 11.7 Å². The molecule has 4 heteroatoms. The zero-order valence-corrected chi connectivity index (χ0v) is 11.0. The molecule has 0 aliphatic carbocycles. The predicted octanol–water partition coefficient (Wildman–Crippen LogP) is 2.04. The monoisotopic (exact) mass is 247 g/mol. The van der Waals surface area contributed by atoms with Gasteiger partial charge in [-0.1, -0.05) is 19.1 Å². The Morgan fingerprint density at radius 3 is 2.94 bits per heavy atom. The Morgan fingerprint density at radius 1 is 1.39 bits per heavy atom. The first-order valence-corrected chi connectivity index (χ1v) is 6.36. The Balaban J connectivity index is 2.04. The number of methoxy groups -OCH3 is 1. The smallest absolute Gasteiger partial charge is 0.0958 e. The van der Waals surface area contributed by atoms with Crippen molar-refractivity contribution in [3.05, 3.63) is 30.6 Å². The van der Waals surface area contributed by atoms with Crippen LogP contribution in [0.25, 0.3) is 11.0 Å². The lowest BCUT2D eigenvalue weighted by Gasteiger charge is -2.20. The molecule has 18 heavy (non-hydrogen) atoms. The molecule has 0 fully saturated rings. The van der Waals surface area contributed by atoms with E-state index in [0.29, 0.717) is 5.92 Å². The summed E-state index contributed by atoms with van der Waals surface area (Å²) in [6, 6.07) is 8.25. The van der Waals surface area contributed by atoms with Gasteiger partial charge in [-0.25, -0.2) is 4.98 Å². The third-order valence-electron chi connectivity index (χ3n) is 3.44. The Bertz CT molecular complexity index is 494. The van der Waals surface area contributed by atoms with Crippen LogP contribution >= 0.6 is 0 Å². The third-order valence-corrected chi connectivity index (χ3v) is 3.44. The molecule has 0 spiro atoms. The molecule has 98 valence electrons. The van der Waals surface area contributed by atoms with Crippen LogP contribution in [0.2, 0.25) is 0 Å². The number of fused-ring (bicyclic) bond motifs is 1. The summed E-state index contributed by atoms with van der Waals surface area (Å²) >= 11 is 0. The molecule has 1 heterocycles. The van der Waals surface area contributed by atoms with Crippen molar-refractivity contribution >= 4 is 11.0 Å². The van der Waals surface area contributed by atoms with E-state index < -0.39 is 0 Å². The zero-order valence-electron chi connectivity index (χ0n) is 11.0. The highest BCUT2D eigenvalue weighted by Gasteiger charge is 2.14. The molecule has 4 nitrogen and oxygen atoms in total. The number of benzene rings is 1. The van der Waals surface area contributed by atoms with Crippen LogP contribution in [0.3, 0.4) is 0 Å². The summed E-state index contributed by atoms with van der Waals surface area (Å²) in [5.74, 6) is 0.436. The van der Waals surface area contributed by atoms with Gasteiger partial charge in [0.05, 0.1) is 17.4 Å². The van der Waals surface area contributed by atoms with Gasteiger partial charge in [-0.15, -0.1) is 0 Å². The van der Waals surface area contributed by atoms with Crippen LogP contribution in [0.15, 0.2) is 30.6 Å². The summed E-state index contributed by atoms with van der Waals surface area (Å²) in [5.41, 5.74) is 8.40. The second-order valence-corrected chi connectivity index (χ2v) is 4.81. The molecule has 0 bridgehead atoms. The van der Waals surface area contributed by atoms with Crippen LogP contribution in [0, 0.1) is 5.92 Å². The van der Waals surface area contributed by atoms with Gasteiger partial charge >= 0.3 is 0 Å².